The Morgan fingerprint density at radius 2 is 1.75 bits per heavy atom. The number of benzene rings is 2. The van der Waals surface area contributed by atoms with Gasteiger partial charge in [0, 0.05) is 24.7 Å². The molecule has 0 fully saturated rings. The first-order chi connectivity index (χ1) is 11.3. The summed E-state index contributed by atoms with van der Waals surface area (Å²) in [7, 11) is -1.95. The molecule has 0 unspecified atom stereocenters. The van der Waals surface area contributed by atoms with Crippen LogP contribution >= 0.6 is 0 Å². The molecule has 0 aliphatic heterocycles. The smallest absolute Gasteiger partial charge is 0.275 e. The predicted octanol–water partition coefficient (Wildman–Crippen LogP) is 3.37. The second-order valence-corrected chi connectivity index (χ2v) is 7.75. The summed E-state index contributed by atoms with van der Waals surface area (Å²) in [4.78, 5) is 11.0. The Kier molecular flexibility index (Phi) is 3.88. The van der Waals surface area contributed by atoms with Crippen molar-refractivity contribution in [2.45, 2.75) is 17.6 Å². The quantitative estimate of drug-likeness (QED) is 0.537. The van der Waals surface area contributed by atoms with Gasteiger partial charge in [-0.2, -0.15) is 0 Å². The average Bonchev–Trinajstić information content (AvgIpc) is 2.89. The van der Waals surface area contributed by atoms with Gasteiger partial charge in [0.1, 0.15) is 0 Å². The molecule has 2 aromatic carbocycles. The van der Waals surface area contributed by atoms with Crippen LogP contribution in [-0.4, -0.2) is 17.9 Å². The van der Waals surface area contributed by atoms with E-state index in [1.165, 1.54) is 18.2 Å². The van der Waals surface area contributed by atoms with Crippen molar-refractivity contribution < 1.29 is 13.3 Å². The second kappa shape index (κ2) is 5.76. The number of nitro groups is 1. The van der Waals surface area contributed by atoms with Crippen LogP contribution in [-0.2, 0) is 22.6 Å². The van der Waals surface area contributed by atoms with Crippen molar-refractivity contribution in [1.29, 1.82) is 0 Å². The van der Waals surface area contributed by atoms with E-state index >= 15 is 0 Å². The van der Waals surface area contributed by atoms with E-state index in [-0.39, 0.29) is 16.1 Å². The van der Waals surface area contributed by atoms with Crippen molar-refractivity contribution in [2.75, 3.05) is 0 Å². The Morgan fingerprint density at radius 3 is 2.38 bits per heavy atom. The minimum absolute atomic E-state index is 0.161. The fourth-order valence-corrected chi connectivity index (χ4v) is 4.18. The molecule has 1 aromatic heterocycles. The third-order valence-corrected chi connectivity index (χ3v) is 5.69. The van der Waals surface area contributed by atoms with Crippen LogP contribution in [0.25, 0.3) is 10.9 Å². The second-order valence-electron chi connectivity index (χ2n) is 5.76. The summed E-state index contributed by atoms with van der Waals surface area (Å²) in [5.74, 6) is -0.415. The zero-order valence-electron chi connectivity index (χ0n) is 13.3. The fourth-order valence-electron chi connectivity index (χ4n) is 2.79. The minimum atomic E-state index is -3.69. The first-order valence-electron chi connectivity index (χ1n) is 7.30. The summed E-state index contributed by atoms with van der Waals surface area (Å²) < 4.78 is 27.2. The van der Waals surface area contributed by atoms with Gasteiger partial charge in [-0.1, -0.05) is 17.7 Å². The molecule has 0 atom stereocenters. The lowest BCUT2D eigenvalue weighted by molar-refractivity contribution is -0.385. The number of aryl methyl sites for hydroxylation is 2. The van der Waals surface area contributed by atoms with Gasteiger partial charge in [-0.05, 0) is 31.2 Å². The number of nitrogens with zero attached hydrogens (tertiary/aromatic N) is 2. The van der Waals surface area contributed by atoms with Crippen LogP contribution in [0.1, 0.15) is 11.1 Å². The van der Waals surface area contributed by atoms with Gasteiger partial charge in [0.05, 0.1) is 26.7 Å². The van der Waals surface area contributed by atoms with Crippen LogP contribution in [0.5, 0.6) is 0 Å². The van der Waals surface area contributed by atoms with E-state index in [0.29, 0.717) is 5.52 Å². The summed E-state index contributed by atoms with van der Waals surface area (Å²) >= 11 is 0. The zero-order chi connectivity index (χ0) is 17.5. The molecule has 24 heavy (non-hydrogen) atoms. The van der Waals surface area contributed by atoms with E-state index in [0.717, 1.165) is 10.9 Å². The molecule has 6 nitrogen and oxygen atoms in total. The number of hydrogen-bond acceptors (Lipinski definition) is 4. The van der Waals surface area contributed by atoms with Crippen molar-refractivity contribution in [3.8, 4) is 0 Å². The molecular weight excluding hydrogens is 328 g/mol. The number of nitro benzene ring substituents is 1. The predicted molar refractivity (Wildman–Crippen MR) is 91.6 cm³/mol. The fraction of sp³-hybridized carbons (Fsp3) is 0.176. The first-order valence-corrected chi connectivity index (χ1v) is 8.95. The van der Waals surface area contributed by atoms with Crippen molar-refractivity contribution in [2.24, 2.45) is 7.05 Å². The van der Waals surface area contributed by atoms with E-state index in [1.807, 2.05) is 6.92 Å². The molecule has 0 saturated carbocycles. The van der Waals surface area contributed by atoms with Crippen LogP contribution in [0.2, 0.25) is 0 Å². The molecule has 0 bridgehead atoms. The molecule has 3 aromatic rings. The number of sulfone groups is 1. The monoisotopic (exact) mass is 344 g/mol. The zero-order valence-corrected chi connectivity index (χ0v) is 14.1. The lowest BCUT2D eigenvalue weighted by atomic mass is 10.1. The van der Waals surface area contributed by atoms with Gasteiger partial charge in [0.15, 0.2) is 9.84 Å². The summed E-state index contributed by atoms with van der Waals surface area (Å²) in [5.41, 5.74) is 1.55. The topological polar surface area (TPSA) is 82.2 Å². The Labute approximate surface area is 139 Å². The van der Waals surface area contributed by atoms with Crippen LogP contribution < -0.4 is 0 Å². The molecular formula is C17H16N2O4S. The molecule has 1 heterocycles. The van der Waals surface area contributed by atoms with Crippen LogP contribution in [0.15, 0.2) is 53.6 Å². The molecule has 124 valence electrons. The van der Waals surface area contributed by atoms with Gasteiger partial charge in [0.2, 0.25) is 0 Å². The number of rotatable bonds is 4. The summed E-state index contributed by atoms with van der Waals surface area (Å²) in [6, 6.07) is 11.3. The highest BCUT2D eigenvalue weighted by Crippen LogP contribution is 2.31. The van der Waals surface area contributed by atoms with Gasteiger partial charge >= 0.3 is 0 Å². The summed E-state index contributed by atoms with van der Waals surface area (Å²) in [6.07, 6.45) is 1.76. The molecule has 3 rings (SSSR count). The van der Waals surface area contributed by atoms with Gasteiger partial charge in [0.25, 0.3) is 5.69 Å². The standard InChI is InChI=1S/C17H16N2O4S/c1-12-3-6-14(7-4-12)24(22,23)11-15-16(19(20)21)8-5-13-9-10-18(2)17(13)15/h3-10H,11H2,1-2H3. The van der Waals surface area contributed by atoms with E-state index in [4.69, 9.17) is 0 Å². The Hall–Kier alpha value is -2.67. The highest BCUT2D eigenvalue weighted by molar-refractivity contribution is 7.90. The molecule has 0 saturated heterocycles. The first kappa shape index (κ1) is 16.2. The number of fused-ring (bicyclic) bond motifs is 1. The molecule has 0 amide bonds. The Balaban J connectivity index is 2.18. The molecule has 0 spiro atoms. The van der Waals surface area contributed by atoms with Crippen LogP contribution in [0.4, 0.5) is 5.69 Å². The molecule has 0 aliphatic carbocycles. The summed E-state index contributed by atoms with van der Waals surface area (Å²) in [6.45, 7) is 1.87. The molecule has 0 aliphatic rings. The van der Waals surface area contributed by atoms with Gasteiger partial charge < -0.3 is 4.57 Å². The van der Waals surface area contributed by atoms with Crippen molar-refractivity contribution in [3.05, 3.63) is 69.9 Å². The lowest BCUT2D eigenvalue weighted by Gasteiger charge is -2.09. The number of hydrogen-bond donors (Lipinski definition) is 0. The van der Waals surface area contributed by atoms with Gasteiger partial charge in [-0.15, -0.1) is 0 Å². The van der Waals surface area contributed by atoms with Gasteiger partial charge in [-0.3, -0.25) is 10.1 Å². The Bertz CT molecular complexity index is 1030. The highest BCUT2D eigenvalue weighted by Gasteiger charge is 2.25. The maximum Gasteiger partial charge on any atom is 0.275 e. The molecule has 0 N–H and O–H groups in total. The SMILES string of the molecule is Cc1ccc(S(=O)(=O)Cc2c([N+](=O)[O-])ccc3ccn(C)c23)cc1. The highest BCUT2D eigenvalue weighted by atomic mass is 32.2. The van der Waals surface area contributed by atoms with Crippen LogP contribution in [0.3, 0.4) is 0 Å². The summed E-state index contributed by atoms with van der Waals surface area (Å²) in [5, 5.41) is 12.1. The van der Waals surface area contributed by atoms with Gasteiger partial charge in [-0.25, -0.2) is 8.42 Å². The van der Waals surface area contributed by atoms with E-state index in [2.05, 4.69) is 0 Å². The maximum atomic E-state index is 12.7. The average molecular weight is 344 g/mol. The third kappa shape index (κ3) is 2.78. The van der Waals surface area contributed by atoms with Crippen molar-refractivity contribution >= 4 is 26.4 Å². The normalized spacial score (nSPS) is 11.8. The van der Waals surface area contributed by atoms with Crippen molar-refractivity contribution in [3.63, 3.8) is 0 Å². The molecule has 7 heteroatoms. The maximum absolute atomic E-state index is 12.7. The molecule has 0 radical (unpaired) electrons. The largest absolute Gasteiger partial charge is 0.350 e. The van der Waals surface area contributed by atoms with Crippen LogP contribution in [0, 0.1) is 17.0 Å². The third-order valence-electron chi connectivity index (χ3n) is 4.03. The number of aromatic nitrogens is 1. The lowest BCUT2D eigenvalue weighted by Crippen LogP contribution is -2.08. The van der Waals surface area contributed by atoms with Crippen molar-refractivity contribution in [1.82, 2.24) is 4.57 Å². The Morgan fingerprint density at radius 1 is 1.08 bits per heavy atom. The minimum Gasteiger partial charge on any atom is -0.350 e. The van der Waals surface area contributed by atoms with E-state index < -0.39 is 20.5 Å². The van der Waals surface area contributed by atoms with E-state index in [9.17, 15) is 18.5 Å². The van der Waals surface area contributed by atoms with E-state index in [1.54, 1.807) is 42.1 Å².